The van der Waals surface area contributed by atoms with E-state index in [1.807, 2.05) is 43.3 Å². The zero-order valence-electron chi connectivity index (χ0n) is 20.7. The summed E-state index contributed by atoms with van der Waals surface area (Å²) in [6, 6.07) is 16.3. The minimum absolute atomic E-state index is 0.0728. The highest BCUT2D eigenvalue weighted by molar-refractivity contribution is 6.49. The van der Waals surface area contributed by atoms with Gasteiger partial charge in [-0.15, -0.1) is 6.58 Å². The largest absolute Gasteiger partial charge is 0.439 e. The highest BCUT2D eigenvalue weighted by Gasteiger charge is 2.53. The fourth-order valence-corrected chi connectivity index (χ4v) is 6.09. The van der Waals surface area contributed by atoms with Crippen molar-refractivity contribution in [2.45, 2.75) is 58.2 Å². The molecule has 0 aliphatic carbocycles. The molecule has 0 fully saturated rings. The number of unbranched alkanes of at least 4 members (excludes halogenated alkanes) is 3. The van der Waals surface area contributed by atoms with E-state index in [-0.39, 0.29) is 10.1 Å². The van der Waals surface area contributed by atoms with E-state index < -0.39 is 11.6 Å². The second kappa shape index (κ2) is 9.84. The van der Waals surface area contributed by atoms with Crippen molar-refractivity contribution < 1.29 is 9.53 Å². The fraction of sp³-hybridized carbons (Fsp3) is 0.300. The van der Waals surface area contributed by atoms with E-state index in [2.05, 4.69) is 47.0 Å². The molecule has 0 bridgehead atoms. The van der Waals surface area contributed by atoms with Gasteiger partial charge in [-0.1, -0.05) is 91.9 Å². The van der Waals surface area contributed by atoms with Crippen LogP contribution in [0.4, 0.5) is 0 Å². The van der Waals surface area contributed by atoms with E-state index in [1.165, 1.54) is 19.3 Å². The lowest BCUT2D eigenvalue weighted by molar-refractivity contribution is -0.144. The van der Waals surface area contributed by atoms with Crippen LogP contribution in [0.2, 0.25) is 0 Å². The molecule has 1 aliphatic rings. The Morgan fingerprint density at radius 1 is 1.00 bits per heavy atom. The lowest BCUT2D eigenvalue weighted by Gasteiger charge is -2.29. The molecule has 0 saturated heterocycles. The van der Waals surface area contributed by atoms with Gasteiger partial charge in [-0.05, 0) is 25.5 Å². The van der Waals surface area contributed by atoms with Gasteiger partial charge in [0.15, 0.2) is 0 Å². The number of hydrogen-bond donors (Lipinski definition) is 0. The number of fused-ring (bicyclic) bond motifs is 2. The number of hydrogen-bond acceptors (Lipinski definition) is 2. The number of benzene rings is 2. The van der Waals surface area contributed by atoms with Crippen LogP contribution in [0.25, 0.3) is 21.8 Å². The monoisotopic (exact) mass is 520 g/mol. The molecule has 4 nitrogen and oxygen atoms in total. The molecule has 1 unspecified atom stereocenters. The van der Waals surface area contributed by atoms with Crippen molar-refractivity contribution in [3.63, 3.8) is 0 Å². The van der Waals surface area contributed by atoms with E-state index in [1.54, 1.807) is 0 Å². The number of cyclic esters (lactones) is 1. The van der Waals surface area contributed by atoms with Gasteiger partial charge in [0.1, 0.15) is 5.03 Å². The molecule has 5 rings (SSSR count). The maximum Gasteiger partial charge on any atom is 0.352 e. The van der Waals surface area contributed by atoms with Crippen molar-refractivity contribution in [3.05, 3.63) is 94.3 Å². The van der Waals surface area contributed by atoms with Crippen LogP contribution in [-0.4, -0.2) is 15.1 Å². The smallest absolute Gasteiger partial charge is 0.352 e. The number of carbonyl (C=O) groups is 1. The summed E-state index contributed by atoms with van der Waals surface area (Å²) in [4.78, 5) is 13.0. The van der Waals surface area contributed by atoms with Crippen molar-refractivity contribution in [1.82, 2.24) is 9.13 Å². The maximum absolute atomic E-state index is 13.0. The Morgan fingerprint density at radius 2 is 1.69 bits per heavy atom. The van der Waals surface area contributed by atoms with Gasteiger partial charge in [-0.2, -0.15) is 0 Å². The molecule has 1 aliphatic heterocycles. The van der Waals surface area contributed by atoms with Crippen LogP contribution in [0.15, 0.2) is 77.4 Å². The van der Waals surface area contributed by atoms with Crippen LogP contribution in [0.5, 0.6) is 0 Å². The Bertz CT molecular complexity index is 1510. The minimum atomic E-state index is -1.35. The first-order valence-corrected chi connectivity index (χ1v) is 13.3. The summed E-state index contributed by atoms with van der Waals surface area (Å²) in [7, 11) is 0. The van der Waals surface area contributed by atoms with E-state index in [9.17, 15) is 4.79 Å². The second-order valence-electron chi connectivity index (χ2n) is 9.39. The van der Waals surface area contributed by atoms with Crippen LogP contribution >= 0.6 is 23.2 Å². The Hall–Kier alpha value is -2.95. The van der Waals surface area contributed by atoms with Crippen molar-refractivity contribution in [2.75, 3.05) is 0 Å². The average Bonchev–Trinajstić information content (AvgIpc) is 3.47. The third-order valence-corrected chi connectivity index (χ3v) is 8.14. The SMILES string of the molecule is C=CCn1c(C)c(C2(c3cn(CCCCCC)c4ccccc34)OC(=O)C(Cl)=C2Cl)c2ccccc21. The molecule has 0 saturated carbocycles. The van der Waals surface area contributed by atoms with Crippen molar-refractivity contribution in [1.29, 1.82) is 0 Å². The molecule has 186 valence electrons. The Morgan fingerprint density at radius 3 is 2.36 bits per heavy atom. The van der Waals surface area contributed by atoms with E-state index in [0.29, 0.717) is 6.54 Å². The summed E-state index contributed by atoms with van der Waals surface area (Å²) in [6.07, 6.45) is 8.59. The lowest BCUT2D eigenvalue weighted by Crippen LogP contribution is -2.30. The van der Waals surface area contributed by atoms with Crippen molar-refractivity contribution >= 4 is 51.0 Å². The van der Waals surface area contributed by atoms with E-state index in [0.717, 1.165) is 51.6 Å². The summed E-state index contributed by atoms with van der Waals surface area (Å²) in [5.74, 6) is -0.610. The van der Waals surface area contributed by atoms with Gasteiger partial charge in [-0.3, -0.25) is 0 Å². The summed E-state index contributed by atoms with van der Waals surface area (Å²) >= 11 is 13.5. The van der Waals surface area contributed by atoms with Gasteiger partial charge in [0.25, 0.3) is 0 Å². The zero-order chi connectivity index (χ0) is 25.4. The van der Waals surface area contributed by atoms with Crippen LogP contribution in [0, 0.1) is 6.92 Å². The van der Waals surface area contributed by atoms with Gasteiger partial charge in [-0.25, -0.2) is 4.79 Å². The topological polar surface area (TPSA) is 36.2 Å². The van der Waals surface area contributed by atoms with Crippen LogP contribution in [0.1, 0.15) is 49.4 Å². The van der Waals surface area contributed by atoms with Gasteiger partial charge in [0, 0.05) is 57.9 Å². The molecule has 6 heteroatoms. The number of aromatic nitrogens is 2. The molecule has 4 aromatic rings. The number of ether oxygens (including phenoxy) is 1. The quantitative estimate of drug-likeness (QED) is 0.127. The number of nitrogens with zero attached hydrogens (tertiary/aromatic N) is 2. The normalized spacial score (nSPS) is 17.9. The standard InChI is InChI=1S/C30H30Cl2N2O2/c1-4-6-7-12-18-33-19-23(21-13-8-10-15-24(21)33)30(28(32)27(31)29(35)36-30)26-20(3)34(17-5-2)25-16-11-9-14-22(25)26/h5,8-11,13-16,19H,2,4,6-7,12,17-18H2,1,3H3. The maximum atomic E-state index is 13.0. The molecule has 1 atom stereocenters. The van der Waals surface area contributed by atoms with E-state index in [4.69, 9.17) is 27.9 Å². The first-order valence-electron chi connectivity index (χ1n) is 12.5. The molecule has 0 N–H and O–H groups in total. The number of rotatable bonds is 9. The van der Waals surface area contributed by atoms with Gasteiger partial charge in [0.05, 0.1) is 5.03 Å². The molecule has 0 radical (unpaired) electrons. The second-order valence-corrected chi connectivity index (χ2v) is 10.1. The summed E-state index contributed by atoms with van der Waals surface area (Å²) < 4.78 is 10.7. The molecule has 36 heavy (non-hydrogen) atoms. The Balaban J connectivity index is 1.82. The van der Waals surface area contributed by atoms with Crippen LogP contribution in [-0.2, 0) is 28.2 Å². The lowest BCUT2D eigenvalue weighted by atomic mass is 9.84. The van der Waals surface area contributed by atoms with Crippen molar-refractivity contribution in [3.8, 4) is 0 Å². The number of aryl methyl sites for hydroxylation is 1. The first-order chi connectivity index (χ1) is 17.5. The number of esters is 1. The minimum Gasteiger partial charge on any atom is -0.439 e. The molecule has 2 aromatic carbocycles. The molecular weight excluding hydrogens is 491 g/mol. The number of halogens is 2. The predicted molar refractivity (Wildman–Crippen MR) is 149 cm³/mol. The zero-order valence-corrected chi connectivity index (χ0v) is 22.2. The summed E-state index contributed by atoms with van der Waals surface area (Å²) in [5.41, 5.74) is 3.37. The third kappa shape index (κ3) is 3.70. The Labute approximate surface area is 221 Å². The Kier molecular flexibility index (Phi) is 6.76. The molecular formula is C30H30Cl2N2O2. The summed E-state index contributed by atoms with van der Waals surface area (Å²) in [5, 5.41) is 2.09. The highest BCUT2D eigenvalue weighted by atomic mass is 35.5. The fourth-order valence-electron chi connectivity index (χ4n) is 5.60. The molecule has 0 amide bonds. The van der Waals surface area contributed by atoms with Crippen LogP contribution < -0.4 is 0 Å². The molecule has 0 spiro atoms. The molecule has 2 aromatic heterocycles. The summed E-state index contributed by atoms with van der Waals surface area (Å²) in [6.45, 7) is 9.68. The van der Waals surface area contributed by atoms with Crippen molar-refractivity contribution in [2.24, 2.45) is 0 Å². The van der Waals surface area contributed by atoms with Gasteiger partial charge < -0.3 is 13.9 Å². The average molecular weight is 521 g/mol. The number of allylic oxidation sites excluding steroid dienone is 1. The third-order valence-electron chi connectivity index (χ3n) is 7.24. The first kappa shape index (κ1) is 24.7. The number of carbonyl (C=O) groups excluding carboxylic acids is 1. The van der Waals surface area contributed by atoms with E-state index >= 15 is 0 Å². The molecule has 3 heterocycles. The highest BCUT2D eigenvalue weighted by Crippen LogP contribution is 2.54. The number of para-hydroxylation sites is 2. The van der Waals surface area contributed by atoms with Gasteiger partial charge in [0.2, 0.25) is 5.60 Å². The van der Waals surface area contributed by atoms with Crippen LogP contribution in [0.3, 0.4) is 0 Å². The van der Waals surface area contributed by atoms with Gasteiger partial charge >= 0.3 is 5.97 Å². The predicted octanol–water partition coefficient (Wildman–Crippen LogP) is 8.16.